The molecule has 0 unspecified atom stereocenters. The fourth-order valence-corrected chi connectivity index (χ4v) is 1.63. The van der Waals surface area contributed by atoms with Crippen LogP contribution in [0.1, 0.15) is 65.7 Å². The molecule has 0 rings (SSSR count). The molecule has 0 aliphatic carbocycles. The van der Waals surface area contributed by atoms with Crippen molar-refractivity contribution in [2.75, 3.05) is 0 Å². The van der Waals surface area contributed by atoms with Crippen LogP contribution in [-0.2, 0) is 0 Å². The molecule has 0 spiro atoms. The molecule has 0 saturated carbocycles. The highest BCUT2D eigenvalue weighted by Crippen LogP contribution is 2.25. The number of aliphatic hydroxyl groups excluding tert-OH is 1. The Bertz CT molecular complexity index is 161. The summed E-state index contributed by atoms with van der Waals surface area (Å²) in [4.78, 5) is 0. The zero-order chi connectivity index (χ0) is 11.7. The van der Waals surface area contributed by atoms with Gasteiger partial charge in [-0.05, 0) is 6.42 Å². The van der Waals surface area contributed by atoms with Crippen LogP contribution < -0.4 is 0 Å². The molecule has 1 N–H and O–H groups in total. The Balaban J connectivity index is 3.47. The van der Waals surface area contributed by atoms with Crippen LogP contribution in [0.3, 0.4) is 0 Å². The summed E-state index contributed by atoms with van der Waals surface area (Å²) in [7, 11) is 0. The second-order valence-electron chi connectivity index (χ2n) is 5.10. The molecule has 0 fully saturated rings. The van der Waals surface area contributed by atoms with E-state index in [-0.39, 0.29) is 11.5 Å². The van der Waals surface area contributed by atoms with E-state index in [9.17, 15) is 5.11 Å². The summed E-state index contributed by atoms with van der Waals surface area (Å²) in [5, 5.41) is 9.91. The maximum Gasteiger partial charge on any atom is 0.0625 e. The second kappa shape index (κ2) is 7.92. The molecule has 0 amide bonds. The Morgan fingerprint density at radius 2 is 1.67 bits per heavy atom. The van der Waals surface area contributed by atoms with Gasteiger partial charge in [-0.3, -0.25) is 0 Å². The van der Waals surface area contributed by atoms with Crippen molar-refractivity contribution in [1.29, 1.82) is 0 Å². The Morgan fingerprint density at radius 1 is 1.13 bits per heavy atom. The number of hydrogen-bond acceptors (Lipinski definition) is 1. The van der Waals surface area contributed by atoms with Gasteiger partial charge in [0.2, 0.25) is 0 Å². The van der Waals surface area contributed by atoms with Gasteiger partial charge in [-0.1, -0.05) is 65.4 Å². The minimum atomic E-state index is -0.235. The predicted octanol–water partition coefficient (Wildman–Crippen LogP) is 4.31. The van der Waals surface area contributed by atoms with E-state index in [0.29, 0.717) is 0 Å². The number of hydrogen-bond donors (Lipinski definition) is 1. The third kappa shape index (κ3) is 6.72. The van der Waals surface area contributed by atoms with Crippen LogP contribution in [0, 0.1) is 5.41 Å². The zero-order valence-electron chi connectivity index (χ0n) is 10.8. The minimum absolute atomic E-state index is 0.135. The number of unbranched alkanes of at least 4 members (excludes halogenated alkanes) is 5. The van der Waals surface area contributed by atoms with Crippen molar-refractivity contribution in [3.8, 4) is 0 Å². The first-order valence-electron chi connectivity index (χ1n) is 6.36. The lowest BCUT2D eigenvalue weighted by Crippen LogP contribution is -2.26. The van der Waals surface area contributed by atoms with Crippen LogP contribution in [0.15, 0.2) is 12.7 Å². The van der Waals surface area contributed by atoms with Crippen molar-refractivity contribution in [1.82, 2.24) is 0 Å². The lowest BCUT2D eigenvalue weighted by Gasteiger charge is -2.26. The van der Waals surface area contributed by atoms with E-state index >= 15 is 0 Å². The van der Waals surface area contributed by atoms with E-state index in [2.05, 4.69) is 13.5 Å². The van der Waals surface area contributed by atoms with Crippen LogP contribution in [0.25, 0.3) is 0 Å². The van der Waals surface area contributed by atoms with Gasteiger partial charge in [-0.15, -0.1) is 6.58 Å². The van der Waals surface area contributed by atoms with Crippen molar-refractivity contribution in [2.45, 2.75) is 71.8 Å². The summed E-state index contributed by atoms with van der Waals surface area (Å²) < 4.78 is 0. The van der Waals surface area contributed by atoms with E-state index in [4.69, 9.17) is 0 Å². The molecule has 0 aromatic rings. The van der Waals surface area contributed by atoms with E-state index in [1.165, 1.54) is 32.1 Å². The molecule has 0 heterocycles. The molecule has 0 radical (unpaired) electrons. The Labute approximate surface area is 95.6 Å². The summed E-state index contributed by atoms with van der Waals surface area (Å²) in [6.07, 6.45) is 10.2. The average Bonchev–Trinajstić information content (AvgIpc) is 2.22. The number of aliphatic hydroxyl groups is 1. The van der Waals surface area contributed by atoms with Gasteiger partial charge in [0, 0.05) is 5.41 Å². The highest BCUT2D eigenvalue weighted by atomic mass is 16.3. The third-order valence-electron chi connectivity index (χ3n) is 3.22. The fraction of sp³-hybridized carbons (Fsp3) is 0.857. The summed E-state index contributed by atoms with van der Waals surface area (Å²) in [6, 6.07) is 0. The van der Waals surface area contributed by atoms with Crippen molar-refractivity contribution in [3.05, 3.63) is 12.7 Å². The van der Waals surface area contributed by atoms with Crippen molar-refractivity contribution in [3.63, 3.8) is 0 Å². The van der Waals surface area contributed by atoms with Crippen LogP contribution >= 0.6 is 0 Å². The topological polar surface area (TPSA) is 20.2 Å². The third-order valence-corrected chi connectivity index (χ3v) is 3.22. The number of rotatable bonds is 9. The second-order valence-corrected chi connectivity index (χ2v) is 5.10. The monoisotopic (exact) mass is 212 g/mol. The normalized spacial score (nSPS) is 13.9. The maximum absolute atomic E-state index is 9.91. The lowest BCUT2D eigenvalue weighted by molar-refractivity contribution is 0.0715. The molecule has 90 valence electrons. The molecular weight excluding hydrogens is 184 g/mol. The van der Waals surface area contributed by atoms with E-state index in [0.717, 1.165) is 12.8 Å². The van der Waals surface area contributed by atoms with Crippen LogP contribution in [0.2, 0.25) is 0 Å². The SMILES string of the molecule is C=CC(C)(C)[C@H](O)CCCCCCCC. The molecule has 0 saturated heterocycles. The fourth-order valence-electron chi connectivity index (χ4n) is 1.63. The summed E-state index contributed by atoms with van der Waals surface area (Å²) in [5.74, 6) is 0. The summed E-state index contributed by atoms with van der Waals surface area (Å²) in [5.41, 5.74) is -0.135. The molecule has 0 aliphatic rings. The average molecular weight is 212 g/mol. The van der Waals surface area contributed by atoms with Crippen LogP contribution in [0.4, 0.5) is 0 Å². The highest BCUT2D eigenvalue weighted by Gasteiger charge is 2.23. The predicted molar refractivity (Wildman–Crippen MR) is 68.0 cm³/mol. The van der Waals surface area contributed by atoms with Crippen molar-refractivity contribution in [2.24, 2.45) is 5.41 Å². The smallest absolute Gasteiger partial charge is 0.0625 e. The maximum atomic E-state index is 9.91. The Kier molecular flexibility index (Phi) is 7.76. The molecule has 1 atom stereocenters. The molecule has 1 nitrogen and oxygen atoms in total. The van der Waals surface area contributed by atoms with Gasteiger partial charge in [-0.25, -0.2) is 0 Å². The quantitative estimate of drug-likeness (QED) is 0.446. The Hall–Kier alpha value is -0.300. The molecule has 0 aliphatic heterocycles. The first kappa shape index (κ1) is 14.7. The van der Waals surface area contributed by atoms with Gasteiger partial charge < -0.3 is 5.11 Å². The summed E-state index contributed by atoms with van der Waals surface area (Å²) in [6.45, 7) is 10.1. The largest absolute Gasteiger partial charge is 0.392 e. The molecule has 1 heteroatoms. The zero-order valence-corrected chi connectivity index (χ0v) is 10.8. The lowest BCUT2D eigenvalue weighted by atomic mass is 9.84. The van der Waals surface area contributed by atoms with Gasteiger partial charge in [0.1, 0.15) is 0 Å². The van der Waals surface area contributed by atoms with Crippen LogP contribution in [-0.4, -0.2) is 11.2 Å². The molecule has 0 aromatic heterocycles. The van der Waals surface area contributed by atoms with Gasteiger partial charge in [0.15, 0.2) is 0 Å². The standard InChI is InChI=1S/C14H28O/c1-5-7-8-9-10-11-12-13(15)14(3,4)6-2/h6,13,15H,2,5,7-12H2,1,3-4H3/t13-/m1/s1. The van der Waals surface area contributed by atoms with Crippen LogP contribution in [0.5, 0.6) is 0 Å². The molecule has 0 aromatic carbocycles. The molecule has 15 heavy (non-hydrogen) atoms. The first-order valence-corrected chi connectivity index (χ1v) is 6.36. The van der Waals surface area contributed by atoms with Crippen molar-refractivity contribution < 1.29 is 5.11 Å². The van der Waals surface area contributed by atoms with E-state index < -0.39 is 0 Å². The van der Waals surface area contributed by atoms with Gasteiger partial charge >= 0.3 is 0 Å². The van der Waals surface area contributed by atoms with Crippen molar-refractivity contribution >= 4 is 0 Å². The minimum Gasteiger partial charge on any atom is -0.392 e. The highest BCUT2D eigenvalue weighted by molar-refractivity contribution is 4.92. The van der Waals surface area contributed by atoms with E-state index in [1.807, 2.05) is 19.9 Å². The summed E-state index contributed by atoms with van der Waals surface area (Å²) >= 11 is 0. The van der Waals surface area contributed by atoms with E-state index in [1.54, 1.807) is 0 Å². The molecule has 0 bridgehead atoms. The Morgan fingerprint density at radius 3 is 2.20 bits per heavy atom. The van der Waals surface area contributed by atoms with Gasteiger partial charge in [-0.2, -0.15) is 0 Å². The molecular formula is C14H28O. The van der Waals surface area contributed by atoms with Gasteiger partial charge in [0.25, 0.3) is 0 Å². The van der Waals surface area contributed by atoms with Gasteiger partial charge in [0.05, 0.1) is 6.10 Å². The first-order chi connectivity index (χ1) is 7.04.